The molecule has 0 radical (unpaired) electrons. The summed E-state index contributed by atoms with van der Waals surface area (Å²) in [6.07, 6.45) is -2.62. The molecule has 0 bridgehead atoms. The molecule has 1 aromatic carbocycles. The van der Waals surface area contributed by atoms with Crippen molar-refractivity contribution in [3.05, 3.63) is 28.2 Å². The third-order valence-electron chi connectivity index (χ3n) is 2.64. The number of hydrogen-bond acceptors (Lipinski definition) is 2. The number of alkyl halides is 3. The minimum Gasteiger partial charge on any atom is -0.406 e. The van der Waals surface area contributed by atoms with E-state index in [-0.39, 0.29) is 24.2 Å². The zero-order chi connectivity index (χ0) is 12.6. The normalized spacial score (nSPS) is 16.9. The van der Waals surface area contributed by atoms with Crippen molar-refractivity contribution in [2.24, 2.45) is 11.7 Å². The quantitative estimate of drug-likeness (QED) is 0.891. The van der Waals surface area contributed by atoms with Gasteiger partial charge in [0, 0.05) is 10.5 Å². The van der Waals surface area contributed by atoms with Crippen LogP contribution in [0.25, 0.3) is 0 Å². The van der Waals surface area contributed by atoms with E-state index in [1.54, 1.807) is 6.07 Å². The summed E-state index contributed by atoms with van der Waals surface area (Å²) in [5.74, 6) is 0.140. The summed E-state index contributed by atoms with van der Waals surface area (Å²) in [5, 5.41) is 0. The number of hydrogen-bond donors (Lipinski definition) is 1. The Morgan fingerprint density at radius 2 is 1.89 bits per heavy atom. The average Bonchev–Trinajstić information content (AvgIpc) is 2.95. The van der Waals surface area contributed by atoms with Gasteiger partial charge in [0.05, 0.1) is 0 Å². The third kappa shape index (κ3) is 4.33. The number of benzene rings is 1. The monoisotopic (exact) mass is 345 g/mol. The molecule has 2 nitrogen and oxygen atoms in total. The van der Waals surface area contributed by atoms with Crippen LogP contribution in [0.3, 0.4) is 0 Å². The molecule has 1 atom stereocenters. The predicted octanol–water partition coefficient (Wildman–Crippen LogP) is 4.18. The fourth-order valence-electron chi connectivity index (χ4n) is 1.70. The van der Waals surface area contributed by atoms with Gasteiger partial charge in [0.25, 0.3) is 0 Å². The van der Waals surface area contributed by atoms with E-state index in [0.717, 1.165) is 12.8 Å². The van der Waals surface area contributed by atoms with Crippen LogP contribution in [-0.4, -0.2) is 6.36 Å². The lowest BCUT2D eigenvalue weighted by atomic mass is 10.0. The summed E-state index contributed by atoms with van der Waals surface area (Å²) in [7, 11) is 0. The molecule has 1 saturated carbocycles. The molecule has 1 aliphatic rings. The molecule has 1 aliphatic carbocycles. The molecule has 0 aromatic heterocycles. The first-order valence-electron chi connectivity index (χ1n) is 5.17. The van der Waals surface area contributed by atoms with Crippen molar-refractivity contribution in [3.8, 4) is 5.75 Å². The maximum absolute atomic E-state index is 12.1. The summed E-state index contributed by atoms with van der Waals surface area (Å²) < 4.78 is 40.7. The molecule has 0 heterocycles. The number of rotatable bonds is 3. The Hall–Kier alpha value is -0.460. The SMILES string of the molecule is Cl.N[C@@H](c1cc(Br)cc(OC(F)(F)F)c1)C1CC1. The van der Waals surface area contributed by atoms with Crippen LogP contribution in [0.5, 0.6) is 5.75 Å². The van der Waals surface area contributed by atoms with E-state index in [0.29, 0.717) is 16.0 Å². The summed E-state index contributed by atoms with van der Waals surface area (Å²) in [5.41, 5.74) is 6.61. The first-order chi connectivity index (χ1) is 7.85. The van der Waals surface area contributed by atoms with Crippen LogP contribution < -0.4 is 10.5 Å². The summed E-state index contributed by atoms with van der Waals surface area (Å²) >= 11 is 3.16. The molecule has 1 aromatic rings. The second kappa shape index (κ2) is 5.67. The zero-order valence-electron chi connectivity index (χ0n) is 9.21. The maximum Gasteiger partial charge on any atom is 0.573 e. The highest BCUT2D eigenvalue weighted by atomic mass is 79.9. The summed E-state index contributed by atoms with van der Waals surface area (Å²) in [4.78, 5) is 0. The van der Waals surface area contributed by atoms with Gasteiger partial charge in [0.15, 0.2) is 0 Å². The van der Waals surface area contributed by atoms with Crippen LogP contribution in [0.1, 0.15) is 24.4 Å². The Balaban J connectivity index is 0.00000162. The Morgan fingerprint density at radius 1 is 1.28 bits per heavy atom. The third-order valence-corrected chi connectivity index (χ3v) is 3.10. The molecular formula is C11H12BrClF3NO. The molecular weight excluding hydrogens is 334 g/mol. The molecule has 0 saturated heterocycles. The average molecular weight is 347 g/mol. The van der Waals surface area contributed by atoms with Crippen molar-refractivity contribution >= 4 is 28.3 Å². The van der Waals surface area contributed by atoms with Gasteiger partial charge < -0.3 is 10.5 Å². The Bertz CT molecular complexity index is 423. The van der Waals surface area contributed by atoms with E-state index < -0.39 is 6.36 Å². The van der Waals surface area contributed by atoms with E-state index in [9.17, 15) is 13.2 Å². The number of nitrogens with two attached hydrogens (primary N) is 1. The largest absolute Gasteiger partial charge is 0.573 e. The molecule has 1 fully saturated rings. The van der Waals surface area contributed by atoms with E-state index >= 15 is 0 Å². The zero-order valence-corrected chi connectivity index (χ0v) is 11.6. The number of halogens is 5. The van der Waals surface area contributed by atoms with Gasteiger partial charge in [-0.15, -0.1) is 25.6 Å². The van der Waals surface area contributed by atoms with Crippen molar-refractivity contribution in [3.63, 3.8) is 0 Å². The van der Waals surface area contributed by atoms with Crippen LogP contribution >= 0.6 is 28.3 Å². The summed E-state index contributed by atoms with van der Waals surface area (Å²) in [6, 6.07) is 4.13. The van der Waals surface area contributed by atoms with Gasteiger partial charge in [-0.2, -0.15) is 0 Å². The van der Waals surface area contributed by atoms with Crippen LogP contribution in [0.2, 0.25) is 0 Å². The first kappa shape index (κ1) is 15.6. The lowest BCUT2D eigenvalue weighted by Gasteiger charge is -2.14. The highest BCUT2D eigenvalue weighted by Crippen LogP contribution is 2.41. The van der Waals surface area contributed by atoms with E-state index in [2.05, 4.69) is 20.7 Å². The fourth-order valence-corrected chi connectivity index (χ4v) is 2.19. The van der Waals surface area contributed by atoms with Crippen molar-refractivity contribution in [2.75, 3.05) is 0 Å². The van der Waals surface area contributed by atoms with Crippen molar-refractivity contribution in [1.29, 1.82) is 0 Å². The molecule has 102 valence electrons. The first-order valence-corrected chi connectivity index (χ1v) is 5.96. The minimum absolute atomic E-state index is 0. The van der Waals surface area contributed by atoms with Gasteiger partial charge in [-0.3, -0.25) is 0 Å². The van der Waals surface area contributed by atoms with Crippen LogP contribution in [0, 0.1) is 5.92 Å². The standard InChI is InChI=1S/C11H11BrF3NO.ClH/c12-8-3-7(10(16)6-1-2-6)4-9(5-8)17-11(13,14)15;/h3-6,10H,1-2,16H2;1H/t10-;/m1./s1. The predicted molar refractivity (Wildman–Crippen MR) is 67.7 cm³/mol. The lowest BCUT2D eigenvalue weighted by Crippen LogP contribution is -2.18. The molecule has 0 aliphatic heterocycles. The number of ether oxygens (including phenoxy) is 1. The Labute approximate surface area is 117 Å². The molecule has 7 heteroatoms. The lowest BCUT2D eigenvalue weighted by molar-refractivity contribution is -0.274. The molecule has 2 N–H and O–H groups in total. The van der Waals surface area contributed by atoms with Crippen LogP contribution in [-0.2, 0) is 0 Å². The Kier molecular flexibility index (Phi) is 4.91. The van der Waals surface area contributed by atoms with Crippen molar-refractivity contribution in [1.82, 2.24) is 0 Å². The van der Waals surface area contributed by atoms with Crippen molar-refractivity contribution < 1.29 is 17.9 Å². The second-order valence-electron chi connectivity index (χ2n) is 4.13. The van der Waals surface area contributed by atoms with Gasteiger partial charge in [0.2, 0.25) is 0 Å². The smallest absolute Gasteiger partial charge is 0.406 e. The highest BCUT2D eigenvalue weighted by molar-refractivity contribution is 9.10. The molecule has 0 spiro atoms. The minimum atomic E-state index is -4.68. The van der Waals surface area contributed by atoms with Gasteiger partial charge in [-0.1, -0.05) is 15.9 Å². The van der Waals surface area contributed by atoms with Gasteiger partial charge >= 0.3 is 6.36 Å². The molecule has 2 rings (SSSR count). The van der Waals surface area contributed by atoms with E-state index in [1.807, 2.05) is 0 Å². The van der Waals surface area contributed by atoms with E-state index in [1.165, 1.54) is 12.1 Å². The van der Waals surface area contributed by atoms with Gasteiger partial charge in [-0.05, 0) is 42.5 Å². The van der Waals surface area contributed by atoms with E-state index in [4.69, 9.17) is 5.73 Å². The fraction of sp³-hybridized carbons (Fsp3) is 0.455. The highest BCUT2D eigenvalue weighted by Gasteiger charge is 2.33. The van der Waals surface area contributed by atoms with Crippen LogP contribution in [0.4, 0.5) is 13.2 Å². The molecule has 0 unspecified atom stereocenters. The van der Waals surface area contributed by atoms with Crippen molar-refractivity contribution in [2.45, 2.75) is 25.2 Å². The molecule has 18 heavy (non-hydrogen) atoms. The van der Waals surface area contributed by atoms with Gasteiger partial charge in [0.1, 0.15) is 5.75 Å². The molecule has 0 amide bonds. The summed E-state index contributed by atoms with van der Waals surface area (Å²) in [6.45, 7) is 0. The topological polar surface area (TPSA) is 35.2 Å². The van der Waals surface area contributed by atoms with Gasteiger partial charge in [-0.25, -0.2) is 0 Å². The maximum atomic E-state index is 12.1. The Morgan fingerprint density at radius 3 is 2.39 bits per heavy atom. The van der Waals surface area contributed by atoms with Crippen LogP contribution in [0.15, 0.2) is 22.7 Å². The second-order valence-corrected chi connectivity index (χ2v) is 5.05.